The van der Waals surface area contributed by atoms with Gasteiger partial charge in [-0.05, 0) is 18.1 Å². The molecule has 27 heavy (non-hydrogen) atoms. The first kappa shape index (κ1) is 18.1. The molecule has 0 bridgehead atoms. The van der Waals surface area contributed by atoms with Crippen LogP contribution in [-0.4, -0.2) is 20.8 Å². The Balaban J connectivity index is 1.70. The Bertz CT molecular complexity index is 928. The highest BCUT2D eigenvalue weighted by Crippen LogP contribution is 2.19. The number of anilines is 3. The summed E-state index contributed by atoms with van der Waals surface area (Å²) < 4.78 is 0. The first-order valence-electron chi connectivity index (χ1n) is 8.52. The minimum atomic E-state index is 0.0182. The summed E-state index contributed by atoms with van der Waals surface area (Å²) in [5.74, 6) is 1.07. The van der Waals surface area contributed by atoms with Crippen molar-refractivity contribution in [1.82, 2.24) is 15.0 Å². The van der Waals surface area contributed by atoms with Crippen LogP contribution < -0.4 is 16.8 Å². The van der Waals surface area contributed by atoms with Crippen LogP contribution in [0.15, 0.2) is 59.8 Å². The molecule has 0 aliphatic carbocycles. The average molecular weight is 363 g/mol. The summed E-state index contributed by atoms with van der Waals surface area (Å²) in [6, 6.07) is 17.3. The van der Waals surface area contributed by atoms with Crippen molar-refractivity contribution in [1.29, 1.82) is 0 Å². The summed E-state index contributed by atoms with van der Waals surface area (Å²) in [4.78, 5) is 17.8. The SMILES string of the molecule is CCc1ccccc1Nc1nc(N)nc(CO/N=C(\N)c2ccccc2)n1. The maximum Gasteiger partial charge on any atom is 0.232 e. The molecule has 0 aliphatic heterocycles. The van der Waals surface area contributed by atoms with Gasteiger partial charge in [0.25, 0.3) is 0 Å². The van der Waals surface area contributed by atoms with Crippen molar-refractivity contribution in [2.45, 2.75) is 20.0 Å². The van der Waals surface area contributed by atoms with Crippen LogP contribution in [0.1, 0.15) is 23.9 Å². The largest absolute Gasteiger partial charge is 0.386 e. The maximum atomic E-state index is 5.89. The van der Waals surface area contributed by atoms with Gasteiger partial charge in [-0.1, -0.05) is 60.6 Å². The van der Waals surface area contributed by atoms with Gasteiger partial charge in [0.1, 0.15) is 0 Å². The quantitative estimate of drug-likeness (QED) is 0.335. The van der Waals surface area contributed by atoms with E-state index >= 15 is 0 Å². The van der Waals surface area contributed by atoms with E-state index in [9.17, 15) is 0 Å². The van der Waals surface area contributed by atoms with Crippen LogP contribution in [-0.2, 0) is 17.9 Å². The summed E-state index contributed by atoms with van der Waals surface area (Å²) in [5.41, 5.74) is 14.5. The Morgan fingerprint density at radius 1 is 1.04 bits per heavy atom. The lowest BCUT2D eigenvalue weighted by Crippen LogP contribution is -2.14. The Labute approximate surface area is 157 Å². The smallest absolute Gasteiger partial charge is 0.232 e. The third-order valence-electron chi connectivity index (χ3n) is 3.77. The number of oxime groups is 1. The number of benzene rings is 2. The number of nitrogens with two attached hydrogens (primary N) is 2. The fourth-order valence-corrected chi connectivity index (χ4v) is 2.45. The number of nitrogen functional groups attached to an aromatic ring is 1. The van der Waals surface area contributed by atoms with Crippen LogP contribution in [0, 0.1) is 0 Å². The van der Waals surface area contributed by atoms with E-state index in [1.807, 2.05) is 54.6 Å². The van der Waals surface area contributed by atoms with Gasteiger partial charge in [0.05, 0.1) is 0 Å². The highest BCUT2D eigenvalue weighted by molar-refractivity contribution is 5.96. The van der Waals surface area contributed by atoms with E-state index in [4.69, 9.17) is 16.3 Å². The normalized spacial score (nSPS) is 11.2. The molecule has 3 aromatic rings. The van der Waals surface area contributed by atoms with Crippen molar-refractivity contribution in [3.63, 3.8) is 0 Å². The third kappa shape index (κ3) is 4.91. The van der Waals surface area contributed by atoms with Gasteiger partial charge in [-0.3, -0.25) is 0 Å². The lowest BCUT2D eigenvalue weighted by Gasteiger charge is -2.10. The first-order valence-corrected chi connectivity index (χ1v) is 8.52. The van der Waals surface area contributed by atoms with Gasteiger partial charge in [0.15, 0.2) is 18.3 Å². The Morgan fingerprint density at radius 2 is 1.78 bits per heavy atom. The molecule has 0 unspecified atom stereocenters. The predicted octanol–water partition coefficient (Wildman–Crippen LogP) is 2.60. The summed E-state index contributed by atoms with van der Waals surface area (Å²) in [7, 11) is 0. The zero-order valence-electron chi connectivity index (χ0n) is 15.0. The summed E-state index contributed by atoms with van der Waals surface area (Å²) in [6.07, 6.45) is 0.882. The van der Waals surface area contributed by atoms with Crippen molar-refractivity contribution >= 4 is 23.4 Å². The molecular weight excluding hydrogens is 342 g/mol. The Hall–Kier alpha value is -3.68. The van der Waals surface area contributed by atoms with E-state index in [2.05, 4.69) is 32.3 Å². The van der Waals surface area contributed by atoms with Crippen LogP contribution in [0.3, 0.4) is 0 Å². The standard InChI is InChI=1S/C19H21N7O/c1-2-13-8-6-7-11-15(13)22-19-24-16(23-18(21)25-19)12-27-26-17(20)14-9-4-3-5-10-14/h3-11H,2,12H2,1H3,(H2,20,26)(H3,21,22,23,24,25). The number of hydrogen-bond donors (Lipinski definition) is 3. The Kier molecular flexibility index (Phi) is 5.78. The topological polar surface area (TPSA) is 124 Å². The van der Waals surface area contributed by atoms with Crippen LogP contribution in [0.2, 0.25) is 0 Å². The van der Waals surface area contributed by atoms with Gasteiger partial charge in [-0.25, -0.2) is 0 Å². The van der Waals surface area contributed by atoms with Crippen molar-refractivity contribution in [3.8, 4) is 0 Å². The fraction of sp³-hybridized carbons (Fsp3) is 0.158. The van der Waals surface area contributed by atoms with Crippen molar-refractivity contribution in [2.24, 2.45) is 10.9 Å². The molecule has 0 saturated heterocycles. The number of nitrogens with one attached hydrogen (secondary N) is 1. The number of hydrogen-bond acceptors (Lipinski definition) is 7. The van der Waals surface area contributed by atoms with Gasteiger partial charge in [-0.15, -0.1) is 0 Å². The van der Waals surface area contributed by atoms with E-state index in [-0.39, 0.29) is 18.4 Å². The molecule has 3 rings (SSSR count). The number of nitrogens with zero attached hydrogens (tertiary/aromatic N) is 4. The molecular formula is C19H21N7O. The molecule has 138 valence electrons. The maximum absolute atomic E-state index is 5.89. The third-order valence-corrected chi connectivity index (χ3v) is 3.77. The summed E-state index contributed by atoms with van der Waals surface area (Å²) in [6.45, 7) is 2.10. The second-order valence-electron chi connectivity index (χ2n) is 5.69. The molecule has 0 spiro atoms. The molecule has 0 saturated carbocycles. The fourth-order valence-electron chi connectivity index (χ4n) is 2.45. The predicted molar refractivity (Wildman–Crippen MR) is 105 cm³/mol. The molecule has 0 fully saturated rings. The number of para-hydroxylation sites is 1. The summed E-state index contributed by atoms with van der Waals surface area (Å²) in [5, 5.41) is 7.06. The van der Waals surface area contributed by atoms with E-state index in [1.165, 1.54) is 0 Å². The molecule has 0 radical (unpaired) electrons. The van der Waals surface area contributed by atoms with Gasteiger partial charge < -0.3 is 21.6 Å². The van der Waals surface area contributed by atoms with Crippen molar-refractivity contribution in [3.05, 3.63) is 71.5 Å². The lowest BCUT2D eigenvalue weighted by atomic mass is 10.1. The van der Waals surface area contributed by atoms with Crippen molar-refractivity contribution in [2.75, 3.05) is 11.1 Å². The second kappa shape index (κ2) is 8.61. The van der Waals surface area contributed by atoms with Gasteiger partial charge in [0, 0.05) is 11.3 Å². The molecule has 0 atom stereocenters. The lowest BCUT2D eigenvalue weighted by molar-refractivity contribution is 0.124. The minimum absolute atomic E-state index is 0.0182. The van der Waals surface area contributed by atoms with E-state index in [0.717, 1.165) is 23.2 Å². The van der Waals surface area contributed by atoms with E-state index < -0.39 is 0 Å². The molecule has 8 heteroatoms. The zero-order valence-corrected chi connectivity index (χ0v) is 15.0. The van der Waals surface area contributed by atoms with E-state index in [0.29, 0.717) is 11.8 Å². The van der Waals surface area contributed by atoms with Crippen LogP contribution >= 0.6 is 0 Å². The molecule has 2 aromatic carbocycles. The highest BCUT2D eigenvalue weighted by Gasteiger charge is 2.08. The molecule has 1 aromatic heterocycles. The number of aryl methyl sites for hydroxylation is 1. The van der Waals surface area contributed by atoms with Crippen LogP contribution in [0.5, 0.6) is 0 Å². The average Bonchev–Trinajstić information content (AvgIpc) is 2.68. The molecule has 8 nitrogen and oxygen atoms in total. The minimum Gasteiger partial charge on any atom is -0.386 e. The van der Waals surface area contributed by atoms with Gasteiger partial charge >= 0.3 is 0 Å². The van der Waals surface area contributed by atoms with E-state index in [1.54, 1.807) is 0 Å². The number of aromatic nitrogens is 3. The molecule has 0 aliphatic rings. The van der Waals surface area contributed by atoms with Crippen LogP contribution in [0.25, 0.3) is 0 Å². The first-order chi connectivity index (χ1) is 13.2. The number of rotatable bonds is 7. The monoisotopic (exact) mass is 363 g/mol. The zero-order chi connectivity index (χ0) is 19.1. The Morgan fingerprint density at radius 3 is 2.56 bits per heavy atom. The van der Waals surface area contributed by atoms with Gasteiger partial charge in [-0.2, -0.15) is 15.0 Å². The molecule has 1 heterocycles. The number of amidine groups is 1. The van der Waals surface area contributed by atoms with Gasteiger partial charge in [0.2, 0.25) is 11.9 Å². The van der Waals surface area contributed by atoms with Crippen molar-refractivity contribution < 1.29 is 4.84 Å². The second-order valence-corrected chi connectivity index (χ2v) is 5.69. The molecule has 5 N–H and O–H groups in total. The summed E-state index contributed by atoms with van der Waals surface area (Å²) >= 11 is 0. The highest BCUT2D eigenvalue weighted by atomic mass is 16.6. The van der Waals surface area contributed by atoms with Crippen LogP contribution in [0.4, 0.5) is 17.6 Å². The molecule has 0 amide bonds.